The standard InChI is InChI=1S/C14H13N3O3S/c15-13(20)8-5-12(19)17(6-8)14-16-10(7-21-14)9-3-1-2-4-11(9)18/h1-4,7-8,18H,5-6H2,(H2,15,20). The van der Waals surface area contributed by atoms with Crippen LogP contribution in [-0.4, -0.2) is 28.4 Å². The molecule has 6 nitrogen and oxygen atoms in total. The van der Waals surface area contributed by atoms with E-state index < -0.39 is 11.8 Å². The number of nitrogens with two attached hydrogens (primary N) is 1. The summed E-state index contributed by atoms with van der Waals surface area (Å²) in [6.07, 6.45) is 0.126. The number of hydrogen-bond donors (Lipinski definition) is 2. The lowest BCUT2D eigenvalue weighted by Gasteiger charge is -2.11. The minimum atomic E-state index is -0.469. The van der Waals surface area contributed by atoms with Crippen molar-refractivity contribution >= 4 is 28.3 Å². The van der Waals surface area contributed by atoms with Gasteiger partial charge in [0, 0.05) is 23.9 Å². The zero-order chi connectivity index (χ0) is 15.0. The van der Waals surface area contributed by atoms with E-state index in [1.165, 1.54) is 16.2 Å². The van der Waals surface area contributed by atoms with Gasteiger partial charge in [-0.05, 0) is 12.1 Å². The number of phenols is 1. The lowest BCUT2D eigenvalue weighted by atomic mass is 10.1. The van der Waals surface area contributed by atoms with Gasteiger partial charge in [-0.3, -0.25) is 14.5 Å². The molecule has 1 saturated heterocycles. The normalized spacial score (nSPS) is 18.2. The highest BCUT2D eigenvalue weighted by molar-refractivity contribution is 7.14. The first-order chi connectivity index (χ1) is 10.1. The van der Waals surface area contributed by atoms with Crippen LogP contribution in [0.25, 0.3) is 11.3 Å². The van der Waals surface area contributed by atoms with E-state index in [0.717, 1.165) is 0 Å². The summed E-state index contributed by atoms with van der Waals surface area (Å²) >= 11 is 1.30. The van der Waals surface area contributed by atoms with E-state index in [1.54, 1.807) is 29.6 Å². The predicted molar refractivity (Wildman–Crippen MR) is 78.9 cm³/mol. The van der Waals surface area contributed by atoms with Crippen LogP contribution < -0.4 is 10.6 Å². The summed E-state index contributed by atoms with van der Waals surface area (Å²) in [7, 11) is 0. The number of carbonyl (C=O) groups is 2. The molecule has 1 aliphatic rings. The molecule has 0 saturated carbocycles. The van der Waals surface area contributed by atoms with E-state index >= 15 is 0 Å². The summed E-state index contributed by atoms with van der Waals surface area (Å²) in [6.45, 7) is 0.266. The number of amides is 2. The number of aromatic hydroxyl groups is 1. The van der Waals surface area contributed by atoms with Crippen LogP contribution in [0.4, 0.5) is 5.13 Å². The van der Waals surface area contributed by atoms with E-state index in [2.05, 4.69) is 4.98 Å². The van der Waals surface area contributed by atoms with Crippen molar-refractivity contribution in [2.75, 3.05) is 11.4 Å². The Morgan fingerprint density at radius 1 is 1.43 bits per heavy atom. The van der Waals surface area contributed by atoms with Gasteiger partial charge in [0.05, 0.1) is 11.6 Å². The highest BCUT2D eigenvalue weighted by Gasteiger charge is 2.35. The van der Waals surface area contributed by atoms with Crippen LogP contribution in [0.3, 0.4) is 0 Å². The molecule has 0 spiro atoms. The summed E-state index contributed by atoms with van der Waals surface area (Å²) < 4.78 is 0. The number of rotatable bonds is 3. The van der Waals surface area contributed by atoms with E-state index in [1.807, 2.05) is 0 Å². The number of carbonyl (C=O) groups excluding carboxylic acids is 2. The van der Waals surface area contributed by atoms with Gasteiger partial charge in [0.1, 0.15) is 5.75 Å². The van der Waals surface area contributed by atoms with Crippen molar-refractivity contribution in [2.24, 2.45) is 11.7 Å². The number of benzene rings is 1. The number of nitrogens with zero attached hydrogens (tertiary/aromatic N) is 2. The Bertz CT molecular complexity index is 713. The van der Waals surface area contributed by atoms with Crippen LogP contribution in [0.2, 0.25) is 0 Å². The van der Waals surface area contributed by atoms with Gasteiger partial charge in [-0.1, -0.05) is 12.1 Å². The largest absolute Gasteiger partial charge is 0.507 e. The van der Waals surface area contributed by atoms with Crippen LogP contribution in [0.15, 0.2) is 29.6 Å². The van der Waals surface area contributed by atoms with Crippen LogP contribution in [-0.2, 0) is 9.59 Å². The Morgan fingerprint density at radius 3 is 2.86 bits per heavy atom. The minimum absolute atomic E-state index is 0.126. The molecule has 2 amide bonds. The molecular weight excluding hydrogens is 290 g/mol. The number of para-hydroxylation sites is 1. The third-order valence-corrected chi connectivity index (χ3v) is 4.29. The van der Waals surface area contributed by atoms with Crippen LogP contribution >= 0.6 is 11.3 Å². The number of phenolic OH excluding ortho intramolecular Hbond substituents is 1. The third kappa shape index (κ3) is 2.47. The molecular formula is C14H13N3O3S. The average molecular weight is 303 g/mol. The molecule has 108 valence electrons. The predicted octanol–water partition coefficient (Wildman–Crippen LogP) is 1.35. The molecule has 0 aliphatic carbocycles. The molecule has 2 aromatic rings. The maximum atomic E-state index is 11.9. The molecule has 3 rings (SSSR count). The number of aromatic nitrogens is 1. The first kappa shape index (κ1) is 13.6. The van der Waals surface area contributed by atoms with Crippen LogP contribution in [0.5, 0.6) is 5.75 Å². The zero-order valence-electron chi connectivity index (χ0n) is 11.0. The summed E-state index contributed by atoms with van der Waals surface area (Å²) in [5.74, 6) is -0.951. The van der Waals surface area contributed by atoms with Gasteiger partial charge in [0.25, 0.3) is 0 Å². The lowest BCUT2D eigenvalue weighted by molar-refractivity contribution is -0.123. The second-order valence-corrected chi connectivity index (χ2v) is 5.68. The Hall–Kier alpha value is -2.41. The Kier molecular flexibility index (Phi) is 3.34. The van der Waals surface area contributed by atoms with Crippen molar-refractivity contribution in [1.82, 2.24) is 4.98 Å². The van der Waals surface area contributed by atoms with Crippen molar-refractivity contribution in [3.8, 4) is 17.0 Å². The summed E-state index contributed by atoms with van der Waals surface area (Å²) in [5.41, 5.74) is 6.46. The van der Waals surface area contributed by atoms with Crippen molar-refractivity contribution < 1.29 is 14.7 Å². The van der Waals surface area contributed by atoms with Crippen molar-refractivity contribution in [1.29, 1.82) is 0 Å². The smallest absolute Gasteiger partial charge is 0.229 e. The summed E-state index contributed by atoms with van der Waals surface area (Å²) in [6, 6.07) is 6.87. The lowest BCUT2D eigenvalue weighted by Crippen LogP contribution is -2.28. The Balaban J connectivity index is 1.88. The van der Waals surface area contributed by atoms with Crippen LogP contribution in [0, 0.1) is 5.92 Å². The van der Waals surface area contributed by atoms with E-state index in [4.69, 9.17) is 5.73 Å². The number of hydrogen-bond acceptors (Lipinski definition) is 5. The molecule has 1 atom stereocenters. The highest BCUT2D eigenvalue weighted by Crippen LogP contribution is 2.34. The molecule has 1 fully saturated rings. The van der Waals surface area contributed by atoms with Gasteiger partial charge in [-0.15, -0.1) is 11.3 Å². The third-order valence-electron chi connectivity index (χ3n) is 3.43. The molecule has 0 bridgehead atoms. The van der Waals surface area contributed by atoms with Gasteiger partial charge in [-0.2, -0.15) is 0 Å². The Morgan fingerprint density at radius 2 is 2.19 bits per heavy atom. The quantitative estimate of drug-likeness (QED) is 0.894. The van der Waals surface area contributed by atoms with Crippen molar-refractivity contribution in [3.63, 3.8) is 0 Å². The Labute approximate surface area is 124 Å². The molecule has 1 aromatic heterocycles. The van der Waals surface area contributed by atoms with Gasteiger partial charge in [0.15, 0.2) is 5.13 Å². The van der Waals surface area contributed by atoms with E-state index in [0.29, 0.717) is 16.4 Å². The first-order valence-corrected chi connectivity index (χ1v) is 7.28. The summed E-state index contributed by atoms with van der Waals surface area (Å²) in [5, 5.41) is 12.1. The number of thiazole rings is 1. The maximum Gasteiger partial charge on any atom is 0.229 e. The van der Waals surface area contributed by atoms with Gasteiger partial charge in [0.2, 0.25) is 11.8 Å². The average Bonchev–Trinajstić information content (AvgIpc) is 3.05. The van der Waals surface area contributed by atoms with Crippen molar-refractivity contribution in [3.05, 3.63) is 29.6 Å². The van der Waals surface area contributed by atoms with Crippen molar-refractivity contribution in [2.45, 2.75) is 6.42 Å². The highest BCUT2D eigenvalue weighted by atomic mass is 32.1. The molecule has 2 heterocycles. The molecule has 7 heteroatoms. The number of anilines is 1. The zero-order valence-corrected chi connectivity index (χ0v) is 11.8. The van der Waals surface area contributed by atoms with Gasteiger partial charge in [-0.25, -0.2) is 4.98 Å². The maximum absolute atomic E-state index is 11.9. The molecule has 1 unspecified atom stereocenters. The molecule has 0 radical (unpaired) electrons. The fraction of sp³-hybridized carbons (Fsp3) is 0.214. The van der Waals surface area contributed by atoms with Crippen LogP contribution in [0.1, 0.15) is 6.42 Å². The molecule has 21 heavy (non-hydrogen) atoms. The van der Waals surface area contributed by atoms with E-state index in [9.17, 15) is 14.7 Å². The number of primary amides is 1. The SMILES string of the molecule is NC(=O)C1CC(=O)N(c2nc(-c3ccccc3O)cs2)C1. The topological polar surface area (TPSA) is 96.5 Å². The molecule has 1 aliphatic heterocycles. The molecule has 1 aromatic carbocycles. The second kappa shape index (κ2) is 5.17. The fourth-order valence-corrected chi connectivity index (χ4v) is 3.14. The monoisotopic (exact) mass is 303 g/mol. The fourth-order valence-electron chi connectivity index (χ4n) is 2.29. The minimum Gasteiger partial charge on any atom is -0.507 e. The summed E-state index contributed by atoms with van der Waals surface area (Å²) in [4.78, 5) is 29.0. The van der Waals surface area contributed by atoms with Gasteiger partial charge < -0.3 is 10.8 Å². The van der Waals surface area contributed by atoms with E-state index in [-0.39, 0.29) is 24.6 Å². The first-order valence-electron chi connectivity index (χ1n) is 6.40. The molecule has 3 N–H and O–H groups in total. The second-order valence-electron chi connectivity index (χ2n) is 4.84. The van der Waals surface area contributed by atoms with Gasteiger partial charge >= 0.3 is 0 Å².